The van der Waals surface area contributed by atoms with Gasteiger partial charge in [0.1, 0.15) is 5.76 Å². The van der Waals surface area contributed by atoms with Crippen LogP contribution >= 0.6 is 0 Å². The summed E-state index contributed by atoms with van der Waals surface area (Å²) in [5.41, 5.74) is 0.963. The average molecular weight is 369 g/mol. The number of nitrogens with zero attached hydrogens (tertiary/aromatic N) is 1. The molecule has 1 aliphatic carbocycles. The van der Waals surface area contributed by atoms with Crippen LogP contribution in [0.2, 0.25) is 0 Å². The standard InChI is InChI=1S/C21H27N3O3/c1-24(14-16-7-2-3-8-16)15-20(25)23-19-11-5-4-10-18(19)21(26)22-13-17-9-6-12-27-17/h4-6,9-12,16H,2-3,7-8,13-15H2,1H3,(H,22,26)(H,23,25). The molecule has 1 aliphatic rings. The molecule has 6 heteroatoms. The molecule has 0 bridgehead atoms. The van der Waals surface area contributed by atoms with Gasteiger partial charge in [-0.15, -0.1) is 0 Å². The highest BCUT2D eigenvalue weighted by Gasteiger charge is 2.19. The van der Waals surface area contributed by atoms with Gasteiger partial charge in [-0.25, -0.2) is 0 Å². The quantitative estimate of drug-likeness (QED) is 0.749. The third-order valence-corrected chi connectivity index (χ3v) is 4.91. The molecule has 0 unspecified atom stereocenters. The molecule has 6 nitrogen and oxygen atoms in total. The van der Waals surface area contributed by atoms with Crippen molar-refractivity contribution in [1.82, 2.24) is 10.2 Å². The van der Waals surface area contributed by atoms with Crippen molar-refractivity contribution in [3.8, 4) is 0 Å². The molecule has 0 spiro atoms. The van der Waals surface area contributed by atoms with Gasteiger partial charge in [-0.3, -0.25) is 14.5 Å². The number of para-hydroxylation sites is 1. The zero-order chi connectivity index (χ0) is 19.1. The second-order valence-electron chi connectivity index (χ2n) is 7.20. The number of carbonyl (C=O) groups is 2. The van der Waals surface area contributed by atoms with E-state index in [1.54, 1.807) is 42.7 Å². The molecule has 144 valence electrons. The van der Waals surface area contributed by atoms with E-state index >= 15 is 0 Å². The van der Waals surface area contributed by atoms with Crippen molar-refractivity contribution >= 4 is 17.5 Å². The number of carbonyl (C=O) groups excluding carboxylic acids is 2. The number of likely N-dealkylation sites (N-methyl/N-ethyl adjacent to an activating group) is 1. The van der Waals surface area contributed by atoms with Crippen LogP contribution in [-0.2, 0) is 11.3 Å². The molecule has 1 heterocycles. The monoisotopic (exact) mass is 369 g/mol. The Labute approximate surface area is 159 Å². The summed E-state index contributed by atoms with van der Waals surface area (Å²) in [6.45, 7) is 1.57. The molecule has 2 N–H and O–H groups in total. The Morgan fingerprint density at radius 1 is 1.15 bits per heavy atom. The lowest BCUT2D eigenvalue weighted by Crippen LogP contribution is -2.34. The molecule has 1 aromatic heterocycles. The van der Waals surface area contributed by atoms with Crippen molar-refractivity contribution in [3.05, 3.63) is 54.0 Å². The van der Waals surface area contributed by atoms with Gasteiger partial charge in [0.15, 0.2) is 0 Å². The van der Waals surface area contributed by atoms with Gasteiger partial charge in [0, 0.05) is 6.54 Å². The average Bonchev–Trinajstić information content (AvgIpc) is 3.33. The number of hydrogen-bond acceptors (Lipinski definition) is 4. The van der Waals surface area contributed by atoms with Gasteiger partial charge < -0.3 is 15.1 Å². The molecule has 1 saturated carbocycles. The summed E-state index contributed by atoms with van der Waals surface area (Å²) in [7, 11) is 1.97. The number of nitrogens with one attached hydrogen (secondary N) is 2. The second-order valence-corrected chi connectivity index (χ2v) is 7.20. The molecule has 3 rings (SSSR count). The van der Waals surface area contributed by atoms with Crippen LogP contribution in [0.15, 0.2) is 47.1 Å². The minimum absolute atomic E-state index is 0.109. The first-order valence-corrected chi connectivity index (χ1v) is 9.50. The summed E-state index contributed by atoms with van der Waals surface area (Å²) < 4.78 is 5.22. The predicted molar refractivity (Wildman–Crippen MR) is 104 cm³/mol. The number of anilines is 1. The highest BCUT2D eigenvalue weighted by molar-refractivity contribution is 6.04. The van der Waals surface area contributed by atoms with Gasteiger partial charge in [0.05, 0.1) is 30.6 Å². The topological polar surface area (TPSA) is 74.6 Å². The van der Waals surface area contributed by atoms with Crippen molar-refractivity contribution < 1.29 is 14.0 Å². The summed E-state index contributed by atoms with van der Waals surface area (Å²) in [5.74, 6) is 1.02. The molecule has 0 aliphatic heterocycles. The third kappa shape index (κ3) is 5.69. The molecule has 1 aromatic carbocycles. The van der Waals surface area contributed by atoms with Crippen LogP contribution in [-0.4, -0.2) is 36.9 Å². The van der Waals surface area contributed by atoms with Gasteiger partial charge in [0.2, 0.25) is 5.91 Å². The molecule has 0 radical (unpaired) electrons. The Bertz CT molecular complexity index is 752. The number of furan rings is 1. The Morgan fingerprint density at radius 3 is 2.67 bits per heavy atom. The van der Waals surface area contributed by atoms with Crippen LogP contribution in [0.25, 0.3) is 0 Å². The molecule has 27 heavy (non-hydrogen) atoms. The van der Waals surface area contributed by atoms with E-state index in [2.05, 4.69) is 15.5 Å². The summed E-state index contributed by atoms with van der Waals surface area (Å²) in [4.78, 5) is 27.0. The fourth-order valence-electron chi connectivity index (χ4n) is 3.60. The van der Waals surface area contributed by atoms with E-state index < -0.39 is 0 Å². The van der Waals surface area contributed by atoms with Crippen molar-refractivity contribution in [2.24, 2.45) is 5.92 Å². The zero-order valence-corrected chi connectivity index (χ0v) is 15.7. The smallest absolute Gasteiger partial charge is 0.253 e. The van der Waals surface area contributed by atoms with E-state index in [4.69, 9.17) is 4.42 Å². The third-order valence-electron chi connectivity index (χ3n) is 4.91. The van der Waals surface area contributed by atoms with E-state index in [1.807, 2.05) is 7.05 Å². The summed E-state index contributed by atoms with van der Waals surface area (Å²) >= 11 is 0. The zero-order valence-electron chi connectivity index (χ0n) is 15.7. The highest BCUT2D eigenvalue weighted by Crippen LogP contribution is 2.25. The summed E-state index contributed by atoms with van der Waals surface area (Å²) in [5, 5.41) is 5.69. The van der Waals surface area contributed by atoms with E-state index in [-0.39, 0.29) is 11.8 Å². The van der Waals surface area contributed by atoms with E-state index in [9.17, 15) is 9.59 Å². The highest BCUT2D eigenvalue weighted by atomic mass is 16.3. The van der Waals surface area contributed by atoms with Crippen LogP contribution in [0.4, 0.5) is 5.69 Å². The molecular weight excluding hydrogens is 342 g/mol. The summed E-state index contributed by atoms with van der Waals surface area (Å²) in [6.07, 6.45) is 6.67. The van der Waals surface area contributed by atoms with Crippen molar-refractivity contribution in [3.63, 3.8) is 0 Å². The lowest BCUT2D eigenvalue weighted by molar-refractivity contribution is -0.117. The fraction of sp³-hybridized carbons (Fsp3) is 0.429. The maximum atomic E-state index is 12.5. The first-order chi connectivity index (χ1) is 13.1. The van der Waals surface area contributed by atoms with Gasteiger partial charge in [0.25, 0.3) is 5.91 Å². The molecule has 2 amide bonds. The largest absolute Gasteiger partial charge is 0.467 e. The molecular formula is C21H27N3O3. The molecule has 1 fully saturated rings. The maximum Gasteiger partial charge on any atom is 0.253 e. The first-order valence-electron chi connectivity index (χ1n) is 9.50. The van der Waals surface area contributed by atoms with Gasteiger partial charge in [-0.1, -0.05) is 25.0 Å². The molecule has 0 atom stereocenters. The van der Waals surface area contributed by atoms with Crippen molar-refractivity contribution in [2.75, 3.05) is 25.5 Å². The van der Waals surface area contributed by atoms with E-state index in [1.165, 1.54) is 25.7 Å². The Hall–Kier alpha value is -2.60. The number of hydrogen-bond donors (Lipinski definition) is 2. The Kier molecular flexibility index (Phi) is 6.65. The van der Waals surface area contributed by atoms with Crippen molar-refractivity contribution in [2.45, 2.75) is 32.2 Å². The summed E-state index contributed by atoms with van der Waals surface area (Å²) in [6, 6.07) is 10.6. The maximum absolute atomic E-state index is 12.5. The Morgan fingerprint density at radius 2 is 1.93 bits per heavy atom. The SMILES string of the molecule is CN(CC(=O)Nc1ccccc1C(=O)NCc1ccco1)CC1CCCC1. The van der Waals surface area contributed by atoms with Crippen LogP contribution in [0.5, 0.6) is 0 Å². The van der Waals surface area contributed by atoms with E-state index in [0.717, 1.165) is 6.54 Å². The Balaban J connectivity index is 1.54. The van der Waals surface area contributed by atoms with Gasteiger partial charge >= 0.3 is 0 Å². The lowest BCUT2D eigenvalue weighted by atomic mass is 10.1. The second kappa shape index (κ2) is 9.37. The minimum Gasteiger partial charge on any atom is -0.467 e. The minimum atomic E-state index is -0.249. The van der Waals surface area contributed by atoms with E-state index in [0.29, 0.717) is 36.0 Å². The van der Waals surface area contributed by atoms with Gasteiger partial charge in [-0.05, 0) is 50.1 Å². The van der Waals surface area contributed by atoms with Crippen LogP contribution in [0.3, 0.4) is 0 Å². The molecule has 2 aromatic rings. The van der Waals surface area contributed by atoms with Crippen LogP contribution in [0, 0.1) is 5.92 Å². The predicted octanol–water partition coefficient (Wildman–Crippen LogP) is 3.27. The molecule has 0 saturated heterocycles. The number of amides is 2. The van der Waals surface area contributed by atoms with Crippen LogP contribution in [0.1, 0.15) is 41.8 Å². The fourth-order valence-corrected chi connectivity index (χ4v) is 3.60. The van der Waals surface area contributed by atoms with Gasteiger partial charge in [-0.2, -0.15) is 0 Å². The first kappa shape index (κ1) is 19.2. The van der Waals surface area contributed by atoms with Crippen molar-refractivity contribution in [1.29, 1.82) is 0 Å². The lowest BCUT2D eigenvalue weighted by Gasteiger charge is -2.20. The van der Waals surface area contributed by atoms with Crippen LogP contribution < -0.4 is 10.6 Å². The normalized spacial score (nSPS) is 14.4. The number of benzene rings is 1. The number of rotatable bonds is 8.